The number of unbranched alkanes of at least 4 members (excludes halogenated alkanes) is 3. The van der Waals surface area contributed by atoms with Crippen LogP contribution in [0.2, 0.25) is 5.02 Å². The van der Waals surface area contributed by atoms with Gasteiger partial charge in [0.25, 0.3) is 0 Å². The normalized spacial score (nSPS) is 13.5. The first-order chi connectivity index (χ1) is 18.4. The standard InChI is InChI=1S/C28H29ClF2N4O2S/c1-32-13-4-2-3-5-14-34-16-18(15-33-34)35-25(17-9-10-17)27(20-11-12-21(29)24(31)26(20)35)38-22-8-6-7-19(23(22)30)28(36)37/h6-8,11-12,15-17,32H,2-5,9-10,13-14H2,1H3,(H,36,37). The van der Waals surface area contributed by atoms with E-state index in [9.17, 15) is 9.90 Å². The van der Waals surface area contributed by atoms with Crippen molar-refractivity contribution < 1.29 is 18.7 Å². The second-order valence-corrected chi connectivity index (χ2v) is 11.0. The first kappa shape index (κ1) is 26.7. The summed E-state index contributed by atoms with van der Waals surface area (Å²) in [6, 6.07) is 7.56. The van der Waals surface area contributed by atoms with Crippen molar-refractivity contribution in [1.29, 1.82) is 0 Å². The van der Waals surface area contributed by atoms with Crippen molar-refractivity contribution in [1.82, 2.24) is 19.7 Å². The van der Waals surface area contributed by atoms with Gasteiger partial charge >= 0.3 is 5.97 Å². The van der Waals surface area contributed by atoms with E-state index < -0.39 is 23.2 Å². The van der Waals surface area contributed by atoms with E-state index in [1.54, 1.807) is 18.3 Å². The summed E-state index contributed by atoms with van der Waals surface area (Å²) in [4.78, 5) is 12.4. The maximum absolute atomic E-state index is 15.6. The van der Waals surface area contributed by atoms with Gasteiger partial charge in [-0.3, -0.25) is 4.68 Å². The van der Waals surface area contributed by atoms with E-state index in [1.807, 2.05) is 22.5 Å². The number of nitrogens with zero attached hydrogens (tertiary/aromatic N) is 3. The van der Waals surface area contributed by atoms with Crippen LogP contribution in [0.3, 0.4) is 0 Å². The van der Waals surface area contributed by atoms with Crippen LogP contribution < -0.4 is 5.32 Å². The molecule has 38 heavy (non-hydrogen) atoms. The van der Waals surface area contributed by atoms with Gasteiger partial charge in [-0.2, -0.15) is 5.10 Å². The van der Waals surface area contributed by atoms with Crippen molar-refractivity contribution in [3.05, 3.63) is 70.6 Å². The van der Waals surface area contributed by atoms with Gasteiger partial charge in [0.1, 0.15) is 0 Å². The van der Waals surface area contributed by atoms with Gasteiger partial charge in [-0.1, -0.05) is 42.3 Å². The van der Waals surface area contributed by atoms with E-state index in [0.29, 0.717) is 15.8 Å². The van der Waals surface area contributed by atoms with Gasteiger partial charge in [-0.05, 0) is 63.5 Å². The first-order valence-corrected chi connectivity index (χ1v) is 14.0. The predicted octanol–water partition coefficient (Wildman–Crippen LogP) is 7.27. The van der Waals surface area contributed by atoms with E-state index >= 15 is 8.78 Å². The summed E-state index contributed by atoms with van der Waals surface area (Å²) in [6.07, 6.45) is 9.88. The monoisotopic (exact) mass is 558 g/mol. The minimum Gasteiger partial charge on any atom is -0.478 e. The molecule has 2 aromatic carbocycles. The molecule has 1 aliphatic carbocycles. The largest absolute Gasteiger partial charge is 0.478 e. The molecule has 0 aliphatic heterocycles. The Morgan fingerprint density at radius 3 is 2.68 bits per heavy atom. The lowest BCUT2D eigenvalue weighted by atomic mass is 10.2. The molecule has 2 aromatic heterocycles. The highest BCUT2D eigenvalue weighted by atomic mass is 35.5. The molecular weight excluding hydrogens is 530 g/mol. The van der Waals surface area contributed by atoms with E-state index in [0.717, 1.165) is 74.8 Å². The lowest BCUT2D eigenvalue weighted by molar-refractivity contribution is 0.0691. The van der Waals surface area contributed by atoms with Crippen molar-refractivity contribution in [2.24, 2.45) is 0 Å². The van der Waals surface area contributed by atoms with E-state index in [1.165, 1.54) is 18.2 Å². The Labute approximate surface area is 229 Å². The minimum absolute atomic E-state index is 0.00293. The van der Waals surface area contributed by atoms with Crippen LogP contribution in [0.15, 0.2) is 52.5 Å². The number of carbonyl (C=O) groups is 1. The lowest BCUT2D eigenvalue weighted by Gasteiger charge is -2.11. The molecule has 6 nitrogen and oxygen atoms in total. The van der Waals surface area contributed by atoms with E-state index in [4.69, 9.17) is 11.6 Å². The van der Waals surface area contributed by atoms with Gasteiger partial charge in [0, 0.05) is 39.5 Å². The number of aryl methyl sites for hydroxylation is 1. The van der Waals surface area contributed by atoms with E-state index in [-0.39, 0.29) is 15.8 Å². The molecule has 4 aromatic rings. The Balaban J connectivity index is 1.56. The van der Waals surface area contributed by atoms with Crippen molar-refractivity contribution in [2.45, 2.75) is 60.8 Å². The maximum atomic E-state index is 15.6. The number of aromatic carboxylic acids is 1. The number of hydrogen-bond acceptors (Lipinski definition) is 4. The number of carboxylic acids is 1. The Hall–Kier alpha value is -2.88. The van der Waals surface area contributed by atoms with Crippen LogP contribution in [0.1, 0.15) is 60.5 Å². The molecule has 2 N–H and O–H groups in total. The SMILES string of the molecule is CNCCCCCCn1cc(-n2c(C3CC3)c(Sc3cccc(C(=O)O)c3F)c3ccc(Cl)c(F)c32)cn1. The van der Waals surface area contributed by atoms with Crippen molar-refractivity contribution >= 4 is 40.2 Å². The Kier molecular flexibility index (Phi) is 8.07. The van der Waals surface area contributed by atoms with Gasteiger partial charge in [0.2, 0.25) is 0 Å². The van der Waals surface area contributed by atoms with Gasteiger partial charge < -0.3 is 15.0 Å². The number of benzene rings is 2. The molecular formula is C28H29ClF2N4O2S. The number of hydrogen-bond donors (Lipinski definition) is 2. The third kappa shape index (κ3) is 5.32. The lowest BCUT2D eigenvalue weighted by Crippen LogP contribution is -2.07. The molecule has 0 atom stereocenters. The van der Waals surface area contributed by atoms with Crippen molar-refractivity contribution in [3.63, 3.8) is 0 Å². The number of aromatic nitrogens is 3. The van der Waals surface area contributed by atoms with E-state index in [2.05, 4.69) is 10.4 Å². The van der Waals surface area contributed by atoms with Crippen LogP contribution in [0.4, 0.5) is 8.78 Å². The first-order valence-electron chi connectivity index (χ1n) is 12.8. The fourth-order valence-electron chi connectivity index (χ4n) is 4.79. The van der Waals surface area contributed by atoms with Crippen molar-refractivity contribution in [3.8, 4) is 5.69 Å². The average Bonchev–Trinajstić information content (AvgIpc) is 3.54. The van der Waals surface area contributed by atoms with Crippen LogP contribution >= 0.6 is 23.4 Å². The van der Waals surface area contributed by atoms with Crippen molar-refractivity contribution in [2.75, 3.05) is 13.6 Å². The zero-order valence-corrected chi connectivity index (χ0v) is 22.6. The summed E-state index contributed by atoms with van der Waals surface area (Å²) < 4.78 is 34.5. The minimum atomic E-state index is -1.33. The molecule has 0 unspecified atom stereocenters. The van der Waals surface area contributed by atoms with Gasteiger partial charge in [0.15, 0.2) is 11.6 Å². The summed E-state index contributed by atoms with van der Waals surface area (Å²) in [5.74, 6) is -2.51. The average molecular weight is 559 g/mol. The molecule has 0 radical (unpaired) electrons. The summed E-state index contributed by atoms with van der Waals surface area (Å²) in [6.45, 7) is 1.77. The number of carboxylic acid groups (broad SMARTS) is 1. The summed E-state index contributed by atoms with van der Waals surface area (Å²) in [5, 5.41) is 17.7. The van der Waals surface area contributed by atoms with Gasteiger partial charge in [-0.15, -0.1) is 0 Å². The number of fused-ring (bicyclic) bond motifs is 1. The smallest absolute Gasteiger partial charge is 0.338 e. The highest BCUT2D eigenvalue weighted by Crippen LogP contribution is 2.51. The molecule has 1 saturated carbocycles. The quantitative estimate of drug-likeness (QED) is 0.179. The summed E-state index contributed by atoms with van der Waals surface area (Å²) in [7, 11) is 1.95. The molecule has 2 heterocycles. The second-order valence-electron chi connectivity index (χ2n) is 9.59. The van der Waals surface area contributed by atoms with Crippen LogP contribution in [0.25, 0.3) is 16.6 Å². The molecule has 5 rings (SSSR count). The summed E-state index contributed by atoms with van der Waals surface area (Å²) >= 11 is 7.35. The fraction of sp³-hybridized carbons (Fsp3) is 0.357. The zero-order chi connectivity index (χ0) is 26.8. The molecule has 10 heteroatoms. The molecule has 200 valence electrons. The van der Waals surface area contributed by atoms with Crippen LogP contribution in [-0.4, -0.2) is 39.0 Å². The number of nitrogens with one attached hydrogen (secondary N) is 1. The Morgan fingerprint density at radius 1 is 1.16 bits per heavy atom. The van der Waals surface area contributed by atoms with Gasteiger partial charge in [0.05, 0.1) is 28.0 Å². The van der Waals surface area contributed by atoms with Crippen LogP contribution in [0.5, 0.6) is 0 Å². The highest BCUT2D eigenvalue weighted by molar-refractivity contribution is 7.99. The topological polar surface area (TPSA) is 72.1 Å². The van der Waals surface area contributed by atoms with Crippen LogP contribution in [-0.2, 0) is 6.54 Å². The zero-order valence-electron chi connectivity index (χ0n) is 21.0. The molecule has 0 amide bonds. The second kappa shape index (κ2) is 11.5. The molecule has 1 aliphatic rings. The fourth-order valence-corrected chi connectivity index (χ4v) is 6.14. The number of halogens is 3. The molecule has 0 saturated heterocycles. The maximum Gasteiger partial charge on any atom is 0.338 e. The highest BCUT2D eigenvalue weighted by Gasteiger charge is 2.35. The summed E-state index contributed by atoms with van der Waals surface area (Å²) in [5.41, 5.74) is 1.52. The molecule has 1 fully saturated rings. The number of rotatable bonds is 12. The molecule has 0 bridgehead atoms. The third-order valence-corrected chi connectivity index (χ3v) is 8.28. The van der Waals surface area contributed by atoms with Gasteiger partial charge in [-0.25, -0.2) is 13.6 Å². The third-order valence-electron chi connectivity index (χ3n) is 6.82. The Morgan fingerprint density at radius 2 is 1.95 bits per heavy atom. The van der Waals surface area contributed by atoms with Crippen LogP contribution in [0, 0.1) is 11.6 Å². The predicted molar refractivity (Wildman–Crippen MR) is 146 cm³/mol. The Bertz CT molecular complexity index is 1480. The molecule has 0 spiro atoms.